The zero-order valence-electron chi connectivity index (χ0n) is 16.6. The van der Waals surface area contributed by atoms with Crippen LogP contribution in [0.15, 0.2) is 0 Å². The molecule has 0 N–H and O–H groups in total. The number of hydrogen-bond donors (Lipinski definition) is 0. The van der Waals surface area contributed by atoms with Gasteiger partial charge in [-0.2, -0.15) is 0 Å². The third-order valence-electron chi connectivity index (χ3n) is 14.7. The van der Waals surface area contributed by atoms with E-state index >= 15 is 0 Å². The van der Waals surface area contributed by atoms with Crippen LogP contribution >= 0.6 is 31.9 Å². The minimum atomic E-state index is -0.304. The van der Waals surface area contributed by atoms with Crippen LogP contribution in [0.1, 0.15) is 0 Å². The lowest BCUT2D eigenvalue weighted by Crippen LogP contribution is -2.48. The third-order valence-corrected chi connectivity index (χ3v) is 17.8. The molecule has 16 atom stereocenters. The molecule has 0 amide bonds. The Bertz CT molecular complexity index is 1060. The maximum absolute atomic E-state index is 13.9. The Morgan fingerprint density at radius 1 is 0.567 bits per heavy atom. The fourth-order valence-corrected chi connectivity index (χ4v) is 20.3. The molecule has 0 spiro atoms. The third kappa shape index (κ3) is 0.790. The number of esters is 2. The van der Waals surface area contributed by atoms with Crippen molar-refractivity contribution in [3.63, 3.8) is 0 Å². The van der Waals surface area contributed by atoms with Crippen LogP contribution in [0.25, 0.3) is 0 Å². The molecule has 0 aromatic carbocycles. The van der Waals surface area contributed by atoms with Crippen LogP contribution in [-0.2, 0) is 19.1 Å². The summed E-state index contributed by atoms with van der Waals surface area (Å²) in [5.74, 6) is 9.24. The monoisotopic (exact) mass is 532 g/mol. The molecule has 12 aliphatic rings. The lowest BCUT2D eigenvalue weighted by atomic mass is 9.63. The second kappa shape index (κ2) is 3.52. The summed E-state index contributed by atoms with van der Waals surface area (Å²) in [5.41, 5.74) is -0.548. The molecule has 0 aromatic heterocycles. The summed E-state index contributed by atoms with van der Waals surface area (Å²) >= 11 is 8.97. The normalized spacial score (nSPS) is 85.5. The van der Waals surface area contributed by atoms with Gasteiger partial charge in [-0.25, -0.2) is 0 Å². The van der Waals surface area contributed by atoms with Crippen molar-refractivity contribution >= 4 is 43.8 Å². The lowest BCUT2D eigenvalue weighted by Gasteiger charge is -2.40. The molecule has 0 radical (unpaired) electrons. The highest BCUT2D eigenvalue weighted by Crippen LogP contribution is 3.09. The van der Waals surface area contributed by atoms with Gasteiger partial charge in [0.1, 0.15) is 0 Å². The van der Waals surface area contributed by atoms with E-state index in [1.54, 1.807) is 14.2 Å². The van der Waals surface area contributed by atoms with Crippen LogP contribution in [0.4, 0.5) is 0 Å². The predicted octanol–water partition coefficient (Wildman–Crippen LogP) is 2.58. The molecule has 0 heterocycles. The SMILES string of the molecule is COC(=O)C12C3C4C5C6C3C3C1C1C7C2C4C2(Br)C5C4C6C3(Br)C1C4(C(=O)OC)C72. The van der Waals surface area contributed by atoms with E-state index in [0.29, 0.717) is 82.9 Å². The van der Waals surface area contributed by atoms with Gasteiger partial charge < -0.3 is 9.47 Å². The number of alkyl halides is 2. The van der Waals surface area contributed by atoms with E-state index in [1.165, 1.54) is 0 Å². The molecule has 156 valence electrons. The molecule has 12 aliphatic carbocycles. The van der Waals surface area contributed by atoms with Gasteiger partial charge >= 0.3 is 11.9 Å². The quantitative estimate of drug-likeness (QED) is 0.404. The van der Waals surface area contributed by atoms with Crippen molar-refractivity contribution in [2.75, 3.05) is 14.2 Å². The second-order valence-electron chi connectivity index (χ2n) is 13.1. The van der Waals surface area contributed by atoms with Gasteiger partial charge in [0.05, 0.1) is 25.0 Å². The zero-order chi connectivity index (χ0) is 19.8. The highest BCUT2D eigenvalue weighted by atomic mass is 79.9. The van der Waals surface area contributed by atoms with Crippen molar-refractivity contribution in [3.05, 3.63) is 0 Å². The standard InChI is InChI=1S/C24H22Br2O4/c1-29-19(27)21-9-5-3-4-6(9)15-11(21)8-7-10(21)14(5)23(25)12(3)16-13(4)24(15,26)18(8)22(16,17(7)23)20(28)30-2/h3-18H,1-2H3. The molecule has 12 saturated carbocycles. The Hall–Kier alpha value is -0.100. The first kappa shape index (κ1) is 15.7. The van der Waals surface area contributed by atoms with Crippen LogP contribution in [0, 0.1) is 106 Å². The Morgan fingerprint density at radius 3 is 1.47 bits per heavy atom. The number of carbonyl (C=O) groups excluding carboxylic acids is 2. The summed E-state index contributed by atoms with van der Waals surface area (Å²) < 4.78 is 11.5. The maximum Gasteiger partial charge on any atom is 0.312 e. The molecule has 4 nitrogen and oxygen atoms in total. The van der Waals surface area contributed by atoms with E-state index in [1.807, 2.05) is 0 Å². The fraction of sp³-hybridized carbons (Fsp3) is 0.917. The molecular formula is C24H22Br2O4. The van der Waals surface area contributed by atoms with E-state index in [2.05, 4.69) is 31.9 Å². The highest BCUT2D eigenvalue weighted by molar-refractivity contribution is 9.10. The van der Waals surface area contributed by atoms with Crippen molar-refractivity contribution < 1.29 is 19.1 Å². The van der Waals surface area contributed by atoms with Crippen LogP contribution < -0.4 is 0 Å². The molecule has 0 bridgehead atoms. The van der Waals surface area contributed by atoms with E-state index < -0.39 is 0 Å². The summed E-state index contributed by atoms with van der Waals surface area (Å²) in [6, 6.07) is 0. The van der Waals surface area contributed by atoms with Crippen molar-refractivity contribution in [2.45, 2.75) is 8.65 Å². The van der Waals surface area contributed by atoms with Crippen LogP contribution in [0.3, 0.4) is 0 Å². The van der Waals surface area contributed by atoms with Crippen molar-refractivity contribution in [2.24, 2.45) is 106 Å². The number of halogens is 2. The Kier molecular flexibility index (Phi) is 1.84. The summed E-state index contributed by atoms with van der Waals surface area (Å²) in [4.78, 5) is 27.7. The number of hydrogen-bond acceptors (Lipinski definition) is 4. The summed E-state index contributed by atoms with van der Waals surface area (Å²) in [6.07, 6.45) is 0. The van der Waals surface area contributed by atoms with E-state index in [4.69, 9.17) is 9.47 Å². The van der Waals surface area contributed by atoms with Crippen LogP contribution in [0.2, 0.25) is 0 Å². The molecular weight excluding hydrogens is 512 g/mol. The molecule has 12 rings (SSSR count). The Morgan fingerprint density at radius 2 is 1.00 bits per heavy atom. The van der Waals surface area contributed by atoms with Gasteiger partial charge in [0.15, 0.2) is 0 Å². The van der Waals surface area contributed by atoms with Gasteiger partial charge in [0.25, 0.3) is 0 Å². The number of carbonyl (C=O) groups is 2. The lowest BCUT2D eigenvalue weighted by molar-refractivity contribution is -0.163. The maximum atomic E-state index is 13.9. The van der Waals surface area contributed by atoms with Gasteiger partial charge in [-0.1, -0.05) is 31.9 Å². The highest BCUT2D eigenvalue weighted by Gasteiger charge is 3.10. The molecule has 0 aromatic rings. The van der Waals surface area contributed by atoms with Gasteiger partial charge in [-0.15, -0.1) is 0 Å². The predicted molar refractivity (Wildman–Crippen MR) is 108 cm³/mol. The molecule has 0 aliphatic heterocycles. The minimum absolute atomic E-state index is 0.0684. The number of methoxy groups -OCH3 is 2. The van der Waals surface area contributed by atoms with E-state index in [-0.39, 0.29) is 31.4 Å². The first-order valence-electron chi connectivity index (χ1n) is 12.0. The van der Waals surface area contributed by atoms with Gasteiger partial charge in [-0.3, -0.25) is 9.59 Å². The molecule has 0 saturated heterocycles. The number of rotatable bonds is 2. The average Bonchev–Trinajstić information content (AvgIpc) is 3.49. The molecule has 12 fully saturated rings. The molecule has 30 heavy (non-hydrogen) atoms. The second-order valence-corrected chi connectivity index (χ2v) is 15.9. The van der Waals surface area contributed by atoms with Crippen LogP contribution in [0.5, 0.6) is 0 Å². The minimum Gasteiger partial charge on any atom is -0.469 e. The van der Waals surface area contributed by atoms with Crippen molar-refractivity contribution in [1.29, 1.82) is 0 Å². The van der Waals surface area contributed by atoms with E-state index in [9.17, 15) is 9.59 Å². The zero-order valence-corrected chi connectivity index (χ0v) is 19.8. The van der Waals surface area contributed by atoms with Gasteiger partial charge in [0.2, 0.25) is 0 Å². The molecule has 6 heteroatoms. The Balaban J connectivity index is 1.38. The first-order valence-corrected chi connectivity index (χ1v) is 13.6. The van der Waals surface area contributed by atoms with E-state index in [0.717, 1.165) is 11.8 Å². The van der Waals surface area contributed by atoms with Gasteiger partial charge in [-0.05, 0) is 94.7 Å². The van der Waals surface area contributed by atoms with Crippen molar-refractivity contribution in [3.8, 4) is 0 Å². The fourth-order valence-electron chi connectivity index (χ4n) is 16.5. The Labute approximate surface area is 190 Å². The average molecular weight is 534 g/mol. The summed E-state index contributed by atoms with van der Waals surface area (Å²) in [5, 5.41) is 0. The number of ether oxygens (including phenoxy) is 2. The smallest absolute Gasteiger partial charge is 0.312 e. The first-order chi connectivity index (χ1) is 14.4. The summed E-state index contributed by atoms with van der Waals surface area (Å²) in [7, 11) is 3.25. The van der Waals surface area contributed by atoms with Crippen molar-refractivity contribution in [1.82, 2.24) is 0 Å². The topological polar surface area (TPSA) is 52.6 Å². The van der Waals surface area contributed by atoms with Gasteiger partial charge in [0, 0.05) is 8.65 Å². The van der Waals surface area contributed by atoms with Crippen LogP contribution in [-0.4, -0.2) is 34.8 Å². The molecule has 16 unspecified atom stereocenters. The summed E-state index contributed by atoms with van der Waals surface area (Å²) in [6.45, 7) is 0. The largest absolute Gasteiger partial charge is 0.469 e.